The Balaban J connectivity index is 2.17. The van der Waals surface area contributed by atoms with Gasteiger partial charge in [0.1, 0.15) is 0 Å². The van der Waals surface area contributed by atoms with E-state index in [9.17, 15) is 0 Å². The molecule has 3 heteroatoms. The van der Waals surface area contributed by atoms with E-state index < -0.39 is 0 Å². The maximum atomic E-state index is 7.15. The molecule has 15 heavy (non-hydrogen) atoms. The Kier molecular flexibility index (Phi) is 5.09. The molecule has 1 rings (SSSR count). The molecule has 0 aromatic heterocycles. The van der Waals surface area contributed by atoms with Crippen molar-refractivity contribution >= 4 is 5.84 Å². The van der Waals surface area contributed by atoms with Crippen LogP contribution in [0.3, 0.4) is 0 Å². The van der Waals surface area contributed by atoms with Gasteiger partial charge in [-0.05, 0) is 44.7 Å². The third-order valence-corrected chi connectivity index (χ3v) is 3.33. The lowest BCUT2D eigenvalue weighted by atomic mass is 10.0. The van der Waals surface area contributed by atoms with E-state index in [-0.39, 0.29) is 0 Å². The van der Waals surface area contributed by atoms with Crippen LogP contribution in [0.1, 0.15) is 46.0 Å². The van der Waals surface area contributed by atoms with Crippen molar-refractivity contribution in [2.45, 2.75) is 52.0 Å². The van der Waals surface area contributed by atoms with E-state index in [1.807, 2.05) is 0 Å². The molecule has 0 aromatic rings. The van der Waals surface area contributed by atoms with Crippen molar-refractivity contribution < 1.29 is 0 Å². The molecule has 1 fully saturated rings. The van der Waals surface area contributed by atoms with Gasteiger partial charge in [0.25, 0.3) is 0 Å². The summed E-state index contributed by atoms with van der Waals surface area (Å²) in [6, 6.07) is 0.794. The van der Waals surface area contributed by atoms with Gasteiger partial charge in [-0.1, -0.05) is 13.8 Å². The number of hydrogen-bond donors (Lipinski definition) is 2. The number of nitrogens with two attached hydrogens (primary N) is 1. The van der Waals surface area contributed by atoms with Crippen LogP contribution >= 0.6 is 0 Å². The molecule has 1 saturated heterocycles. The van der Waals surface area contributed by atoms with Gasteiger partial charge in [-0.2, -0.15) is 0 Å². The summed E-state index contributed by atoms with van der Waals surface area (Å²) in [7, 11) is 0. The van der Waals surface area contributed by atoms with Crippen LogP contribution in [0.2, 0.25) is 0 Å². The summed E-state index contributed by atoms with van der Waals surface area (Å²) in [4.78, 5) is 2.62. The molecule has 0 bridgehead atoms. The predicted octanol–water partition coefficient (Wildman–Crippen LogP) is 2.21. The highest BCUT2D eigenvalue weighted by molar-refractivity contribution is 5.76. The van der Waals surface area contributed by atoms with Crippen LogP contribution in [0.4, 0.5) is 0 Å². The van der Waals surface area contributed by atoms with Crippen molar-refractivity contribution in [3.63, 3.8) is 0 Å². The molecule has 0 saturated carbocycles. The largest absolute Gasteiger partial charge is 0.388 e. The summed E-state index contributed by atoms with van der Waals surface area (Å²) in [6.07, 6.45) is 5.74. The van der Waals surface area contributed by atoms with Crippen LogP contribution < -0.4 is 5.73 Å². The second-order valence-corrected chi connectivity index (χ2v) is 4.97. The summed E-state index contributed by atoms with van der Waals surface area (Å²) in [5.74, 6) is 1.11. The molecule has 1 aliphatic heterocycles. The molecule has 0 spiro atoms. The van der Waals surface area contributed by atoms with Crippen LogP contribution in [0.5, 0.6) is 0 Å². The third-order valence-electron chi connectivity index (χ3n) is 3.33. The first-order chi connectivity index (χ1) is 7.11. The number of likely N-dealkylation sites (tertiary alicyclic amines) is 1. The van der Waals surface area contributed by atoms with Crippen LogP contribution in [0.25, 0.3) is 0 Å². The Bertz CT molecular complexity index is 201. The van der Waals surface area contributed by atoms with E-state index in [0.717, 1.165) is 24.8 Å². The lowest BCUT2D eigenvalue weighted by Gasteiger charge is -2.27. The van der Waals surface area contributed by atoms with Gasteiger partial charge < -0.3 is 10.6 Å². The zero-order chi connectivity index (χ0) is 11.3. The minimum absolute atomic E-state index is 0.330. The quantitative estimate of drug-likeness (QED) is 0.402. The summed E-state index contributed by atoms with van der Waals surface area (Å²) < 4.78 is 0. The van der Waals surface area contributed by atoms with Gasteiger partial charge in [0.05, 0.1) is 5.84 Å². The molecule has 3 N–H and O–H groups in total. The van der Waals surface area contributed by atoms with Gasteiger partial charge in [0, 0.05) is 12.5 Å². The van der Waals surface area contributed by atoms with Gasteiger partial charge >= 0.3 is 0 Å². The molecule has 0 aromatic carbocycles. The molecule has 0 amide bonds. The van der Waals surface area contributed by atoms with E-state index in [1.165, 1.54) is 32.4 Å². The highest BCUT2D eigenvalue weighted by Crippen LogP contribution is 2.23. The van der Waals surface area contributed by atoms with E-state index >= 15 is 0 Å². The van der Waals surface area contributed by atoms with Gasteiger partial charge in [-0.3, -0.25) is 5.41 Å². The molecule has 1 unspecified atom stereocenters. The van der Waals surface area contributed by atoms with Gasteiger partial charge in [0.15, 0.2) is 0 Å². The second kappa shape index (κ2) is 6.11. The average molecular weight is 211 g/mol. The zero-order valence-electron chi connectivity index (χ0n) is 10.1. The van der Waals surface area contributed by atoms with Crippen molar-refractivity contribution in [1.82, 2.24) is 4.90 Å². The summed E-state index contributed by atoms with van der Waals surface area (Å²) >= 11 is 0. The fourth-order valence-corrected chi connectivity index (χ4v) is 2.51. The van der Waals surface area contributed by atoms with Crippen molar-refractivity contribution in [1.29, 1.82) is 5.41 Å². The smallest absolute Gasteiger partial charge is 0.0905 e. The van der Waals surface area contributed by atoms with E-state index in [1.54, 1.807) is 0 Å². The van der Waals surface area contributed by atoms with Gasteiger partial charge in [-0.15, -0.1) is 0 Å². The fourth-order valence-electron chi connectivity index (χ4n) is 2.51. The molecule has 1 aliphatic rings. The first-order valence-corrected chi connectivity index (χ1v) is 6.18. The first-order valence-electron chi connectivity index (χ1n) is 6.18. The average Bonchev–Trinajstić information content (AvgIpc) is 2.60. The molecule has 3 nitrogen and oxygen atoms in total. The standard InChI is InChI=1S/C12H25N3/c1-10(2)11-6-5-9-15(11)8-4-3-7-12(13)14/h10-11H,3-9H2,1-2H3,(H3,13,14). The van der Waals surface area contributed by atoms with Crippen molar-refractivity contribution in [3.8, 4) is 0 Å². The highest BCUT2D eigenvalue weighted by atomic mass is 15.2. The summed E-state index contributed by atoms with van der Waals surface area (Å²) in [5, 5.41) is 7.15. The zero-order valence-corrected chi connectivity index (χ0v) is 10.1. The molecule has 1 atom stereocenters. The first kappa shape index (κ1) is 12.5. The van der Waals surface area contributed by atoms with Crippen LogP contribution in [-0.4, -0.2) is 29.9 Å². The van der Waals surface area contributed by atoms with Crippen molar-refractivity contribution in [2.24, 2.45) is 11.7 Å². The van der Waals surface area contributed by atoms with E-state index in [2.05, 4.69) is 18.7 Å². The van der Waals surface area contributed by atoms with Crippen LogP contribution in [0, 0.1) is 11.3 Å². The maximum absolute atomic E-state index is 7.15. The molecule has 0 radical (unpaired) electrons. The number of nitrogens with zero attached hydrogens (tertiary/aromatic N) is 1. The summed E-state index contributed by atoms with van der Waals surface area (Å²) in [5.41, 5.74) is 5.33. The molecular weight excluding hydrogens is 186 g/mol. The molecule has 88 valence electrons. The minimum Gasteiger partial charge on any atom is -0.388 e. The summed E-state index contributed by atoms with van der Waals surface area (Å²) in [6.45, 7) is 7.09. The Labute approximate surface area is 93.5 Å². The highest BCUT2D eigenvalue weighted by Gasteiger charge is 2.25. The van der Waals surface area contributed by atoms with Crippen LogP contribution in [0.15, 0.2) is 0 Å². The third kappa shape index (κ3) is 4.20. The SMILES string of the molecule is CC(C)C1CCCN1CCCCC(=N)N. The van der Waals surface area contributed by atoms with Crippen molar-refractivity contribution in [2.75, 3.05) is 13.1 Å². The monoisotopic (exact) mass is 211 g/mol. The Hall–Kier alpha value is -0.570. The maximum Gasteiger partial charge on any atom is 0.0905 e. The number of nitrogens with one attached hydrogen (secondary N) is 1. The van der Waals surface area contributed by atoms with E-state index in [0.29, 0.717) is 5.84 Å². The number of rotatable bonds is 6. The molecular formula is C12H25N3. The van der Waals surface area contributed by atoms with Crippen LogP contribution in [-0.2, 0) is 0 Å². The lowest BCUT2D eigenvalue weighted by molar-refractivity contribution is 0.203. The molecule has 1 heterocycles. The lowest BCUT2D eigenvalue weighted by Crippen LogP contribution is -2.34. The topological polar surface area (TPSA) is 53.1 Å². The van der Waals surface area contributed by atoms with E-state index in [4.69, 9.17) is 11.1 Å². The predicted molar refractivity (Wildman–Crippen MR) is 65.2 cm³/mol. The van der Waals surface area contributed by atoms with Gasteiger partial charge in [0.2, 0.25) is 0 Å². The Morgan fingerprint density at radius 2 is 2.20 bits per heavy atom. The molecule has 0 aliphatic carbocycles. The second-order valence-electron chi connectivity index (χ2n) is 4.97. The number of hydrogen-bond acceptors (Lipinski definition) is 2. The van der Waals surface area contributed by atoms with Gasteiger partial charge in [-0.25, -0.2) is 0 Å². The Morgan fingerprint density at radius 3 is 2.80 bits per heavy atom. The Morgan fingerprint density at radius 1 is 1.47 bits per heavy atom. The fraction of sp³-hybridized carbons (Fsp3) is 0.917. The normalized spacial score (nSPS) is 22.5. The minimum atomic E-state index is 0.330. The number of unbranched alkanes of at least 4 members (excludes halogenated alkanes) is 1. The van der Waals surface area contributed by atoms with Crippen molar-refractivity contribution in [3.05, 3.63) is 0 Å². The number of amidine groups is 1.